The lowest BCUT2D eigenvalue weighted by Crippen LogP contribution is -2.51. The van der Waals surface area contributed by atoms with Crippen LogP contribution < -0.4 is 5.32 Å². The molecule has 1 aromatic carbocycles. The summed E-state index contributed by atoms with van der Waals surface area (Å²) in [5, 5.41) is 3.07. The largest absolute Gasteiger partial charge is 0.351 e. The van der Waals surface area contributed by atoms with Gasteiger partial charge in [-0.3, -0.25) is 19.2 Å². The van der Waals surface area contributed by atoms with Crippen LogP contribution in [0.2, 0.25) is 0 Å². The van der Waals surface area contributed by atoms with Crippen LogP contribution in [0.4, 0.5) is 5.69 Å². The zero-order valence-corrected chi connectivity index (χ0v) is 21.2. The molecule has 0 spiro atoms. The molecule has 9 nitrogen and oxygen atoms in total. The summed E-state index contributed by atoms with van der Waals surface area (Å²) in [5.41, 5.74) is 1.11. The maximum absolute atomic E-state index is 12.8. The number of carbonyl (C=O) groups is 4. The van der Waals surface area contributed by atoms with Crippen LogP contribution in [-0.2, 0) is 14.4 Å². The number of thioether (sulfide) groups is 1. The molecule has 0 saturated carbocycles. The van der Waals surface area contributed by atoms with Gasteiger partial charge in [-0.1, -0.05) is 25.6 Å². The number of likely N-dealkylation sites (tertiary alicyclic amines) is 1. The standard InChI is InChI=1S/C25H33N5O4S/c1-17(2)23(33)28-12-14-29(15-13-28)24(34)18-6-8-19(9-7-18)26-21(31)16-20-22(32)27-25(35-20)30-10-4-3-5-11-30/h6-9,17,20H,3-5,10-16H2,1-2H3,(H,26,31). The van der Waals surface area contributed by atoms with Crippen LogP contribution in [0, 0.1) is 5.92 Å². The number of nitrogens with one attached hydrogen (secondary N) is 1. The van der Waals surface area contributed by atoms with E-state index in [0.717, 1.165) is 31.1 Å². The SMILES string of the molecule is CC(C)C(=O)N1CCN(C(=O)c2ccc(NC(=O)CC3SC(N4CCCCC4)=NC3=O)cc2)CC1. The Labute approximate surface area is 210 Å². The van der Waals surface area contributed by atoms with E-state index in [1.54, 1.807) is 34.1 Å². The fourth-order valence-electron chi connectivity index (χ4n) is 4.48. The number of piperazine rings is 1. The van der Waals surface area contributed by atoms with E-state index < -0.39 is 5.25 Å². The highest BCUT2D eigenvalue weighted by Crippen LogP contribution is 2.29. The summed E-state index contributed by atoms with van der Waals surface area (Å²) in [4.78, 5) is 59.7. The van der Waals surface area contributed by atoms with Crippen molar-refractivity contribution in [2.45, 2.75) is 44.8 Å². The molecule has 1 atom stereocenters. The van der Waals surface area contributed by atoms with E-state index in [1.807, 2.05) is 13.8 Å². The first-order valence-corrected chi connectivity index (χ1v) is 13.2. The minimum atomic E-state index is -0.492. The van der Waals surface area contributed by atoms with Gasteiger partial charge in [0.25, 0.3) is 11.8 Å². The van der Waals surface area contributed by atoms with E-state index in [0.29, 0.717) is 37.4 Å². The Morgan fingerprint density at radius 2 is 1.60 bits per heavy atom. The first kappa shape index (κ1) is 25.2. The van der Waals surface area contributed by atoms with Gasteiger partial charge in [-0.05, 0) is 43.5 Å². The number of hydrogen-bond acceptors (Lipinski definition) is 6. The number of anilines is 1. The summed E-state index contributed by atoms with van der Waals surface area (Å²) in [6.45, 7) is 7.67. The maximum Gasteiger partial charge on any atom is 0.262 e. The summed E-state index contributed by atoms with van der Waals surface area (Å²) < 4.78 is 0. The Hall–Kier alpha value is -2.88. The fourth-order valence-corrected chi connectivity index (χ4v) is 5.60. The molecule has 0 aromatic heterocycles. The Morgan fingerprint density at radius 3 is 2.23 bits per heavy atom. The van der Waals surface area contributed by atoms with Gasteiger partial charge in [0, 0.05) is 62.9 Å². The van der Waals surface area contributed by atoms with Crippen LogP contribution in [0.25, 0.3) is 0 Å². The van der Waals surface area contributed by atoms with Crippen molar-refractivity contribution in [3.05, 3.63) is 29.8 Å². The summed E-state index contributed by atoms with van der Waals surface area (Å²) in [5.74, 6) is -0.522. The molecule has 188 valence electrons. The Bertz CT molecular complexity index is 996. The molecular formula is C25H33N5O4S. The van der Waals surface area contributed by atoms with Gasteiger partial charge in [0.2, 0.25) is 11.8 Å². The molecule has 35 heavy (non-hydrogen) atoms. The number of aliphatic imine (C=N–C) groups is 1. The number of rotatable bonds is 5. The Balaban J connectivity index is 1.25. The number of amidine groups is 1. The predicted octanol–water partition coefficient (Wildman–Crippen LogP) is 2.44. The lowest BCUT2D eigenvalue weighted by molar-refractivity contribution is -0.135. The third-order valence-corrected chi connectivity index (χ3v) is 7.73. The van der Waals surface area contributed by atoms with Gasteiger partial charge >= 0.3 is 0 Å². The van der Waals surface area contributed by atoms with E-state index in [9.17, 15) is 19.2 Å². The molecule has 3 heterocycles. The molecule has 10 heteroatoms. The third kappa shape index (κ3) is 6.22. The first-order chi connectivity index (χ1) is 16.8. The molecule has 3 aliphatic heterocycles. The highest BCUT2D eigenvalue weighted by Gasteiger charge is 2.33. The molecule has 0 radical (unpaired) electrons. The minimum Gasteiger partial charge on any atom is -0.351 e. The number of carbonyl (C=O) groups excluding carboxylic acids is 4. The van der Waals surface area contributed by atoms with Crippen LogP contribution in [-0.4, -0.2) is 88.0 Å². The van der Waals surface area contributed by atoms with E-state index in [-0.39, 0.29) is 36.0 Å². The molecule has 4 rings (SSSR count). The van der Waals surface area contributed by atoms with Crippen molar-refractivity contribution in [3.63, 3.8) is 0 Å². The molecule has 1 unspecified atom stereocenters. The molecule has 2 fully saturated rings. The van der Waals surface area contributed by atoms with Crippen LogP contribution >= 0.6 is 11.8 Å². The molecular weight excluding hydrogens is 466 g/mol. The molecule has 1 N–H and O–H groups in total. The van der Waals surface area contributed by atoms with Gasteiger partial charge in [0.1, 0.15) is 5.25 Å². The van der Waals surface area contributed by atoms with Gasteiger partial charge in [-0.25, -0.2) is 0 Å². The van der Waals surface area contributed by atoms with Crippen LogP contribution in [0.15, 0.2) is 29.3 Å². The molecule has 1 aromatic rings. The Kier molecular flexibility index (Phi) is 8.10. The monoisotopic (exact) mass is 499 g/mol. The average molecular weight is 500 g/mol. The van der Waals surface area contributed by atoms with Crippen molar-refractivity contribution in [2.24, 2.45) is 10.9 Å². The summed E-state index contributed by atoms with van der Waals surface area (Å²) in [6.07, 6.45) is 3.47. The number of nitrogens with zero attached hydrogens (tertiary/aromatic N) is 4. The van der Waals surface area contributed by atoms with Gasteiger partial charge < -0.3 is 20.0 Å². The van der Waals surface area contributed by atoms with Crippen molar-refractivity contribution >= 4 is 46.2 Å². The van der Waals surface area contributed by atoms with E-state index in [2.05, 4.69) is 15.2 Å². The highest BCUT2D eigenvalue weighted by molar-refractivity contribution is 8.15. The summed E-state index contributed by atoms with van der Waals surface area (Å²) in [7, 11) is 0. The third-order valence-electron chi connectivity index (χ3n) is 6.51. The normalized spacial score (nSPS) is 20.8. The number of hydrogen-bond donors (Lipinski definition) is 1. The van der Waals surface area contributed by atoms with Crippen LogP contribution in [0.3, 0.4) is 0 Å². The fraction of sp³-hybridized carbons (Fsp3) is 0.560. The van der Waals surface area contributed by atoms with Crippen molar-refractivity contribution in [2.75, 3.05) is 44.6 Å². The van der Waals surface area contributed by atoms with E-state index in [1.165, 1.54) is 18.2 Å². The lowest BCUT2D eigenvalue weighted by atomic mass is 10.1. The van der Waals surface area contributed by atoms with Crippen molar-refractivity contribution in [1.29, 1.82) is 0 Å². The van der Waals surface area contributed by atoms with Crippen LogP contribution in [0.1, 0.15) is 49.9 Å². The number of piperidine rings is 1. The zero-order valence-electron chi connectivity index (χ0n) is 20.4. The van der Waals surface area contributed by atoms with Gasteiger partial charge in [-0.2, -0.15) is 4.99 Å². The summed E-state index contributed by atoms with van der Waals surface area (Å²) in [6, 6.07) is 6.78. The van der Waals surface area contributed by atoms with Crippen molar-refractivity contribution in [1.82, 2.24) is 14.7 Å². The average Bonchev–Trinajstić information content (AvgIpc) is 3.24. The topological polar surface area (TPSA) is 102 Å². The highest BCUT2D eigenvalue weighted by atomic mass is 32.2. The second kappa shape index (κ2) is 11.2. The number of amides is 4. The predicted molar refractivity (Wildman–Crippen MR) is 136 cm³/mol. The molecule has 0 bridgehead atoms. The van der Waals surface area contributed by atoms with Crippen molar-refractivity contribution < 1.29 is 19.2 Å². The van der Waals surface area contributed by atoms with Gasteiger partial charge in [-0.15, -0.1) is 0 Å². The molecule has 4 amide bonds. The second-order valence-electron chi connectivity index (χ2n) is 9.49. The first-order valence-electron chi connectivity index (χ1n) is 12.3. The second-order valence-corrected chi connectivity index (χ2v) is 10.7. The Morgan fingerprint density at radius 1 is 0.971 bits per heavy atom. The molecule has 0 aliphatic carbocycles. The van der Waals surface area contributed by atoms with Gasteiger partial charge in [0.05, 0.1) is 0 Å². The minimum absolute atomic E-state index is 0.0466. The summed E-state index contributed by atoms with van der Waals surface area (Å²) >= 11 is 1.38. The van der Waals surface area contributed by atoms with E-state index in [4.69, 9.17) is 0 Å². The van der Waals surface area contributed by atoms with Gasteiger partial charge in [0.15, 0.2) is 5.17 Å². The maximum atomic E-state index is 12.8. The molecule has 2 saturated heterocycles. The molecule has 3 aliphatic rings. The number of benzene rings is 1. The smallest absolute Gasteiger partial charge is 0.262 e. The van der Waals surface area contributed by atoms with E-state index >= 15 is 0 Å². The van der Waals surface area contributed by atoms with Crippen molar-refractivity contribution in [3.8, 4) is 0 Å². The van der Waals surface area contributed by atoms with Crippen LogP contribution in [0.5, 0.6) is 0 Å². The lowest BCUT2D eigenvalue weighted by Gasteiger charge is -2.35. The quantitative estimate of drug-likeness (QED) is 0.668. The zero-order chi connectivity index (χ0) is 24.9.